The van der Waals surface area contributed by atoms with Gasteiger partial charge in [-0.1, -0.05) is 295 Å². The Kier molecular flexibility index (Phi) is 13.6. The molecule has 0 amide bonds. The summed E-state index contributed by atoms with van der Waals surface area (Å²) < 4.78 is 2.66. The zero-order chi connectivity index (χ0) is 61.2. The van der Waals surface area contributed by atoms with Crippen LogP contribution in [0.2, 0.25) is 0 Å². The fraction of sp³-hybridized carbons (Fsp3) is 0.0714. The van der Waals surface area contributed by atoms with Crippen molar-refractivity contribution in [3.05, 3.63) is 313 Å². The van der Waals surface area contributed by atoms with Crippen LogP contribution in [0.15, 0.2) is 291 Å². The van der Waals surface area contributed by atoms with Crippen molar-refractivity contribution in [2.75, 3.05) is 0 Å². The molecule has 12 aromatic carbocycles. The van der Waals surface area contributed by atoms with E-state index in [1.165, 1.54) is 86.9 Å². The lowest BCUT2D eigenvalue weighted by atomic mass is 9.80. The molecule has 0 unspecified atom stereocenters. The van der Waals surface area contributed by atoms with E-state index < -0.39 is 0 Å². The van der Waals surface area contributed by atoms with Crippen molar-refractivity contribution < 1.29 is 0 Å². The number of benzene rings is 12. The Bertz CT molecular complexity index is 5160. The molecule has 0 fully saturated rings. The first-order valence-electron chi connectivity index (χ1n) is 31.0. The summed E-state index contributed by atoms with van der Waals surface area (Å²) in [5, 5.41) is 2.72. The predicted molar refractivity (Wildman–Crippen MR) is 377 cm³/mol. The number of nitrogens with zero attached hydrogens (tertiary/aromatic N) is 6. The van der Waals surface area contributed by atoms with Gasteiger partial charge in [-0.15, -0.1) is 11.3 Å². The third-order valence-corrected chi connectivity index (χ3v) is 19.5. The normalized spacial score (nSPS) is 13.0. The van der Waals surface area contributed by atoms with E-state index in [9.17, 15) is 0 Å². The van der Waals surface area contributed by atoms with E-state index in [1.807, 2.05) is 133 Å². The van der Waals surface area contributed by atoms with Gasteiger partial charge in [-0.05, 0) is 102 Å². The van der Waals surface area contributed by atoms with E-state index in [2.05, 4.69) is 198 Å². The lowest BCUT2D eigenvalue weighted by Crippen LogP contribution is -2.15. The van der Waals surface area contributed by atoms with Crippen molar-refractivity contribution in [3.63, 3.8) is 0 Å². The zero-order valence-electron chi connectivity index (χ0n) is 50.8. The number of hydrogen-bond donors (Lipinski definition) is 0. The lowest BCUT2D eigenvalue weighted by molar-refractivity contribution is 0.660. The molecule has 2 aliphatic rings. The van der Waals surface area contributed by atoms with Crippen LogP contribution in [0.5, 0.6) is 0 Å². The average molecular weight is 1190 g/mol. The van der Waals surface area contributed by atoms with E-state index in [1.54, 1.807) is 0 Å². The molecule has 17 rings (SSSR count). The van der Waals surface area contributed by atoms with Gasteiger partial charge < -0.3 is 0 Å². The molecular formula is C84H60N6S. The van der Waals surface area contributed by atoms with Crippen LogP contribution >= 0.6 is 11.3 Å². The first kappa shape index (κ1) is 55.2. The number of hydrogen-bond acceptors (Lipinski definition) is 7. The lowest BCUT2D eigenvalue weighted by Gasteiger charge is -2.22. The standard InChI is InChI=1S/C42H29N3S.C42H31N3/c1-42(2)34-19-10-9-16-31(34)32-24-25-35-36(37(32)42)33-18-11-17-30(38(33)46-35)26-20-22-29(23-21-26)41-44-39(27-12-5-3-6-13-27)43-40(45-41)28-14-7-4-8-15-28;1-42(2)37-22-10-9-21-35(37)36-24-23-33(27-38(36)42)31-18-11-17-30(25-31)32-19-12-20-34(26-32)41-44-39(28-13-5-3-6-14-28)43-40(45-41)29-15-7-4-8-16-29/h3-25H,1-2H3;3-27H,1-2H3. The van der Waals surface area contributed by atoms with Gasteiger partial charge in [-0.3, -0.25) is 0 Å². The van der Waals surface area contributed by atoms with Crippen molar-refractivity contribution in [2.24, 2.45) is 0 Å². The second kappa shape index (κ2) is 22.5. The first-order valence-corrected chi connectivity index (χ1v) is 31.8. The molecule has 0 radical (unpaired) electrons. The van der Waals surface area contributed by atoms with Crippen LogP contribution in [0.3, 0.4) is 0 Å². The monoisotopic (exact) mass is 1180 g/mol. The van der Waals surface area contributed by atoms with Crippen LogP contribution in [0, 0.1) is 0 Å². The number of fused-ring (bicyclic) bond motifs is 10. The smallest absolute Gasteiger partial charge is 0.164 e. The minimum absolute atomic E-state index is 0.0321. The Hall–Kier alpha value is -11.1. The molecule has 3 aromatic heterocycles. The maximum atomic E-state index is 4.94. The Labute approximate surface area is 534 Å². The summed E-state index contributed by atoms with van der Waals surface area (Å²) >= 11 is 1.90. The van der Waals surface area contributed by atoms with Crippen molar-refractivity contribution in [2.45, 2.75) is 38.5 Å². The third-order valence-electron chi connectivity index (χ3n) is 18.3. The second-order valence-electron chi connectivity index (χ2n) is 24.6. The van der Waals surface area contributed by atoms with Gasteiger partial charge in [0.15, 0.2) is 34.9 Å². The Balaban J connectivity index is 0.000000145. The molecule has 432 valence electrons. The minimum atomic E-state index is -0.0567. The largest absolute Gasteiger partial charge is 0.208 e. The van der Waals surface area contributed by atoms with Crippen molar-refractivity contribution in [1.29, 1.82) is 0 Å². The minimum Gasteiger partial charge on any atom is -0.208 e. The van der Waals surface area contributed by atoms with Crippen molar-refractivity contribution in [3.8, 4) is 124 Å². The highest BCUT2D eigenvalue weighted by Gasteiger charge is 2.38. The maximum Gasteiger partial charge on any atom is 0.164 e. The molecule has 0 N–H and O–H groups in total. The summed E-state index contributed by atoms with van der Waals surface area (Å²) in [6.07, 6.45) is 0. The van der Waals surface area contributed by atoms with Gasteiger partial charge in [0.25, 0.3) is 0 Å². The number of thiophene rings is 1. The van der Waals surface area contributed by atoms with Gasteiger partial charge in [0.1, 0.15) is 0 Å². The van der Waals surface area contributed by atoms with E-state index >= 15 is 0 Å². The quantitative estimate of drug-likeness (QED) is 0.143. The van der Waals surface area contributed by atoms with Crippen LogP contribution in [-0.4, -0.2) is 29.9 Å². The molecule has 2 aliphatic carbocycles. The second-order valence-corrected chi connectivity index (χ2v) is 25.6. The van der Waals surface area contributed by atoms with Gasteiger partial charge in [0, 0.05) is 64.4 Å². The molecule has 6 nitrogen and oxygen atoms in total. The van der Waals surface area contributed by atoms with Gasteiger partial charge in [-0.25, -0.2) is 29.9 Å². The van der Waals surface area contributed by atoms with E-state index in [0.29, 0.717) is 34.9 Å². The zero-order valence-corrected chi connectivity index (χ0v) is 51.6. The summed E-state index contributed by atoms with van der Waals surface area (Å²) in [7, 11) is 0. The predicted octanol–water partition coefficient (Wildman–Crippen LogP) is 21.7. The van der Waals surface area contributed by atoms with Crippen LogP contribution in [0.1, 0.15) is 49.9 Å². The molecule has 3 heterocycles. The van der Waals surface area contributed by atoms with E-state index in [4.69, 9.17) is 29.9 Å². The Morgan fingerprint density at radius 1 is 0.242 bits per heavy atom. The molecule has 0 atom stereocenters. The highest BCUT2D eigenvalue weighted by atomic mass is 32.1. The maximum absolute atomic E-state index is 4.94. The summed E-state index contributed by atoms with van der Waals surface area (Å²) in [6.45, 7) is 9.40. The first-order chi connectivity index (χ1) is 44.6. The summed E-state index contributed by atoms with van der Waals surface area (Å²) in [5.41, 5.74) is 23.8. The number of rotatable bonds is 9. The Morgan fingerprint density at radius 2 is 0.582 bits per heavy atom. The molecule has 0 bridgehead atoms. The van der Waals surface area contributed by atoms with Crippen LogP contribution < -0.4 is 0 Å². The third kappa shape index (κ3) is 9.91. The summed E-state index contributed by atoms with van der Waals surface area (Å²) in [6, 6.07) is 102. The highest BCUT2D eigenvalue weighted by Crippen LogP contribution is 2.55. The van der Waals surface area contributed by atoms with Crippen LogP contribution in [-0.2, 0) is 10.8 Å². The fourth-order valence-electron chi connectivity index (χ4n) is 13.7. The van der Waals surface area contributed by atoms with E-state index in [-0.39, 0.29) is 10.8 Å². The van der Waals surface area contributed by atoms with Crippen LogP contribution in [0.4, 0.5) is 0 Å². The van der Waals surface area contributed by atoms with E-state index in [0.717, 1.165) is 44.5 Å². The van der Waals surface area contributed by atoms with Crippen molar-refractivity contribution >= 4 is 31.5 Å². The van der Waals surface area contributed by atoms with Crippen molar-refractivity contribution in [1.82, 2.24) is 29.9 Å². The summed E-state index contributed by atoms with van der Waals surface area (Å²) in [5.74, 6) is 3.97. The van der Waals surface area contributed by atoms with Gasteiger partial charge >= 0.3 is 0 Å². The van der Waals surface area contributed by atoms with Gasteiger partial charge in [0.05, 0.1) is 0 Å². The van der Waals surface area contributed by atoms with Gasteiger partial charge in [-0.2, -0.15) is 0 Å². The molecular weight excluding hydrogens is 1130 g/mol. The molecule has 91 heavy (non-hydrogen) atoms. The molecule has 15 aromatic rings. The SMILES string of the molecule is CC1(C)c2ccccc2-c2ccc(-c3cccc(-c4cccc(-c5nc(-c6ccccc6)nc(-c6ccccc6)n5)c4)c3)cc21.CC1(C)c2ccccc2-c2ccc3sc4c(-c5ccc(-c6nc(-c7ccccc7)nc(-c7ccccc7)n6)cc5)cccc4c3c21. The highest BCUT2D eigenvalue weighted by molar-refractivity contribution is 7.26. The molecule has 7 heteroatoms. The summed E-state index contributed by atoms with van der Waals surface area (Å²) in [4.78, 5) is 29.4. The number of aromatic nitrogens is 6. The van der Waals surface area contributed by atoms with Gasteiger partial charge in [0.2, 0.25) is 0 Å². The Morgan fingerprint density at radius 3 is 1.10 bits per heavy atom. The molecule has 0 saturated carbocycles. The average Bonchev–Trinajstić information content (AvgIpc) is 1.56. The molecule has 0 spiro atoms. The topological polar surface area (TPSA) is 77.3 Å². The fourth-order valence-corrected chi connectivity index (χ4v) is 14.9. The molecule has 0 aliphatic heterocycles. The molecule has 0 saturated heterocycles. The van der Waals surface area contributed by atoms with Crippen LogP contribution in [0.25, 0.3) is 144 Å².